The summed E-state index contributed by atoms with van der Waals surface area (Å²) in [6.07, 6.45) is 0.435. The van der Waals surface area contributed by atoms with E-state index >= 15 is 0 Å². The van der Waals surface area contributed by atoms with Gasteiger partial charge in [-0.3, -0.25) is 0 Å². The van der Waals surface area contributed by atoms with Gasteiger partial charge in [0.05, 0.1) is 0 Å². The number of aliphatic hydroxyl groups excluding tert-OH is 1. The summed E-state index contributed by atoms with van der Waals surface area (Å²) < 4.78 is 5.66. The van der Waals surface area contributed by atoms with Crippen molar-refractivity contribution >= 4 is 0 Å². The highest BCUT2D eigenvalue weighted by Gasteiger charge is 2.09. The molecule has 2 aromatic rings. The van der Waals surface area contributed by atoms with E-state index in [1.165, 1.54) is 5.56 Å². The third-order valence-electron chi connectivity index (χ3n) is 3.61. The molecule has 0 saturated carbocycles. The summed E-state index contributed by atoms with van der Waals surface area (Å²) in [4.78, 5) is 0. The summed E-state index contributed by atoms with van der Waals surface area (Å²) in [5.41, 5.74) is 2.38. The van der Waals surface area contributed by atoms with Gasteiger partial charge in [-0.1, -0.05) is 48.5 Å². The predicted octanol–water partition coefficient (Wildman–Crippen LogP) is 2.96. The summed E-state index contributed by atoms with van der Waals surface area (Å²) >= 11 is 0. The Balaban J connectivity index is 1.69. The van der Waals surface area contributed by atoms with E-state index in [-0.39, 0.29) is 0 Å². The van der Waals surface area contributed by atoms with Gasteiger partial charge in [-0.25, -0.2) is 0 Å². The molecule has 0 aliphatic rings. The lowest BCUT2D eigenvalue weighted by Gasteiger charge is -2.18. The number of ether oxygens (including phenoxy) is 1. The van der Waals surface area contributed by atoms with Crippen LogP contribution in [0.4, 0.5) is 0 Å². The minimum atomic E-state index is -0.516. The quantitative estimate of drug-likeness (QED) is 0.787. The van der Waals surface area contributed by atoms with Gasteiger partial charge in [0.1, 0.15) is 18.5 Å². The van der Waals surface area contributed by atoms with Crippen molar-refractivity contribution in [3.63, 3.8) is 0 Å². The Labute approximate surface area is 133 Å². The molecule has 3 nitrogen and oxygen atoms in total. The normalized spacial score (nSPS) is 13.6. The van der Waals surface area contributed by atoms with Crippen molar-refractivity contribution in [1.82, 2.24) is 5.32 Å². The topological polar surface area (TPSA) is 41.5 Å². The molecule has 0 spiro atoms. The van der Waals surface area contributed by atoms with Crippen LogP contribution in [-0.2, 0) is 6.42 Å². The van der Waals surface area contributed by atoms with Gasteiger partial charge >= 0.3 is 0 Å². The molecule has 118 valence electrons. The van der Waals surface area contributed by atoms with Crippen LogP contribution in [0.5, 0.6) is 5.75 Å². The number of aryl methyl sites for hydroxylation is 1. The molecule has 0 aliphatic heterocycles. The number of aliphatic hydroxyl groups is 1. The zero-order valence-corrected chi connectivity index (χ0v) is 13.3. The number of hydrogen-bond donors (Lipinski definition) is 2. The molecule has 0 radical (unpaired) electrons. The maximum absolute atomic E-state index is 10.0. The Kier molecular flexibility index (Phi) is 6.44. The third-order valence-corrected chi connectivity index (χ3v) is 3.61. The number of para-hydroxylation sites is 1. The average Bonchev–Trinajstić information content (AvgIpc) is 2.53. The highest BCUT2D eigenvalue weighted by molar-refractivity contribution is 5.31. The van der Waals surface area contributed by atoms with E-state index in [9.17, 15) is 5.11 Å². The second kappa shape index (κ2) is 8.57. The molecule has 0 fully saturated rings. The van der Waals surface area contributed by atoms with Crippen LogP contribution in [0.1, 0.15) is 18.1 Å². The first kappa shape index (κ1) is 16.5. The molecular weight excluding hydrogens is 274 g/mol. The molecule has 0 aromatic heterocycles. The summed E-state index contributed by atoms with van der Waals surface area (Å²) in [6.45, 7) is 4.96. The zero-order valence-electron chi connectivity index (χ0n) is 13.3. The van der Waals surface area contributed by atoms with Crippen LogP contribution in [0, 0.1) is 6.92 Å². The summed E-state index contributed by atoms with van der Waals surface area (Å²) in [7, 11) is 0. The lowest BCUT2D eigenvalue weighted by atomic mass is 10.1. The number of benzene rings is 2. The minimum absolute atomic E-state index is 0.301. The summed E-state index contributed by atoms with van der Waals surface area (Å²) in [5.74, 6) is 0.832. The monoisotopic (exact) mass is 299 g/mol. The molecule has 22 heavy (non-hydrogen) atoms. The van der Waals surface area contributed by atoms with Crippen molar-refractivity contribution in [2.45, 2.75) is 32.4 Å². The van der Waals surface area contributed by atoms with E-state index < -0.39 is 6.10 Å². The highest BCUT2D eigenvalue weighted by atomic mass is 16.5. The van der Waals surface area contributed by atoms with Crippen molar-refractivity contribution < 1.29 is 9.84 Å². The first-order valence-corrected chi connectivity index (χ1v) is 7.79. The van der Waals surface area contributed by atoms with Crippen molar-refractivity contribution in [2.75, 3.05) is 13.2 Å². The van der Waals surface area contributed by atoms with E-state index in [0.717, 1.165) is 17.7 Å². The Morgan fingerprint density at radius 1 is 1.05 bits per heavy atom. The first-order valence-electron chi connectivity index (χ1n) is 7.79. The van der Waals surface area contributed by atoms with Gasteiger partial charge in [-0.15, -0.1) is 0 Å². The smallest absolute Gasteiger partial charge is 0.122 e. The van der Waals surface area contributed by atoms with E-state index in [1.807, 2.05) is 49.4 Å². The zero-order chi connectivity index (χ0) is 15.8. The van der Waals surface area contributed by atoms with Crippen molar-refractivity contribution in [2.24, 2.45) is 0 Å². The third kappa shape index (κ3) is 5.51. The molecule has 3 heteroatoms. The van der Waals surface area contributed by atoms with E-state index in [1.54, 1.807) is 0 Å². The van der Waals surface area contributed by atoms with Crippen LogP contribution in [0.25, 0.3) is 0 Å². The molecule has 0 amide bonds. The Morgan fingerprint density at radius 3 is 2.45 bits per heavy atom. The van der Waals surface area contributed by atoms with Gasteiger partial charge in [0.2, 0.25) is 0 Å². The van der Waals surface area contributed by atoms with Crippen LogP contribution >= 0.6 is 0 Å². The maximum atomic E-state index is 10.0. The Morgan fingerprint density at radius 2 is 1.73 bits per heavy atom. The molecule has 0 heterocycles. The fraction of sp³-hybridized carbons (Fsp3) is 0.368. The molecule has 2 N–H and O–H groups in total. The van der Waals surface area contributed by atoms with Crippen LogP contribution in [-0.4, -0.2) is 30.4 Å². The first-order chi connectivity index (χ1) is 10.6. The maximum Gasteiger partial charge on any atom is 0.122 e. The highest BCUT2D eigenvalue weighted by Crippen LogP contribution is 2.16. The van der Waals surface area contributed by atoms with Gasteiger partial charge in [0.25, 0.3) is 0 Å². The van der Waals surface area contributed by atoms with Gasteiger partial charge in [0.15, 0.2) is 0 Å². The SMILES string of the molecule is Cc1ccccc1OCC(O)CNC(C)Cc1ccccc1. The van der Waals surface area contributed by atoms with Gasteiger partial charge < -0.3 is 15.2 Å². The molecule has 2 atom stereocenters. The van der Waals surface area contributed by atoms with E-state index in [2.05, 4.69) is 24.4 Å². The van der Waals surface area contributed by atoms with Crippen LogP contribution in [0.15, 0.2) is 54.6 Å². The lowest BCUT2D eigenvalue weighted by Crippen LogP contribution is -2.37. The van der Waals surface area contributed by atoms with E-state index in [0.29, 0.717) is 19.2 Å². The number of nitrogens with one attached hydrogen (secondary N) is 1. The molecule has 2 aromatic carbocycles. The summed E-state index contributed by atoms with van der Waals surface area (Å²) in [6, 6.07) is 18.5. The van der Waals surface area contributed by atoms with Crippen molar-refractivity contribution in [3.05, 3.63) is 65.7 Å². The fourth-order valence-electron chi connectivity index (χ4n) is 2.34. The van der Waals surface area contributed by atoms with Crippen molar-refractivity contribution in [1.29, 1.82) is 0 Å². The molecule has 0 bridgehead atoms. The van der Waals surface area contributed by atoms with Gasteiger partial charge in [-0.05, 0) is 37.5 Å². The van der Waals surface area contributed by atoms with Gasteiger partial charge in [-0.2, -0.15) is 0 Å². The largest absolute Gasteiger partial charge is 0.491 e. The van der Waals surface area contributed by atoms with E-state index in [4.69, 9.17) is 4.74 Å². The lowest BCUT2D eigenvalue weighted by molar-refractivity contribution is 0.104. The summed E-state index contributed by atoms with van der Waals surface area (Å²) in [5, 5.41) is 13.4. The van der Waals surface area contributed by atoms with Gasteiger partial charge in [0, 0.05) is 12.6 Å². The van der Waals surface area contributed by atoms with Crippen molar-refractivity contribution in [3.8, 4) is 5.75 Å². The standard InChI is InChI=1S/C19H25NO2/c1-15-8-6-7-11-19(15)22-14-18(21)13-20-16(2)12-17-9-4-3-5-10-17/h3-11,16,18,20-21H,12-14H2,1-2H3. The molecule has 0 aliphatic carbocycles. The fourth-order valence-corrected chi connectivity index (χ4v) is 2.34. The second-order valence-electron chi connectivity index (χ2n) is 5.73. The number of hydrogen-bond acceptors (Lipinski definition) is 3. The minimum Gasteiger partial charge on any atom is -0.491 e. The second-order valence-corrected chi connectivity index (χ2v) is 5.73. The molecule has 2 unspecified atom stereocenters. The molecule has 0 saturated heterocycles. The Bertz CT molecular complexity index is 556. The van der Waals surface area contributed by atoms with Crippen LogP contribution in [0.3, 0.4) is 0 Å². The Hall–Kier alpha value is -1.84. The molecule has 2 rings (SSSR count). The predicted molar refractivity (Wildman–Crippen MR) is 90.3 cm³/mol. The van der Waals surface area contributed by atoms with Crippen LogP contribution < -0.4 is 10.1 Å². The number of rotatable bonds is 8. The van der Waals surface area contributed by atoms with Crippen LogP contribution in [0.2, 0.25) is 0 Å². The average molecular weight is 299 g/mol. The molecular formula is C19H25NO2.